The lowest BCUT2D eigenvalue weighted by molar-refractivity contribution is 0.103. The van der Waals surface area contributed by atoms with Crippen LogP contribution in [0.2, 0.25) is 0 Å². The molecule has 0 saturated carbocycles. The number of thiophene rings is 1. The first-order chi connectivity index (χ1) is 12.1. The molecular weight excluding hydrogens is 484 g/mol. The van der Waals surface area contributed by atoms with Crippen LogP contribution in [0.25, 0.3) is 20.8 Å². The zero-order valence-corrected chi connectivity index (χ0v) is 17.4. The van der Waals surface area contributed by atoms with Crippen molar-refractivity contribution in [3.8, 4) is 10.6 Å². The number of carbonyl (C=O) groups excluding carboxylic acids is 1. The number of carbonyl (C=O) groups is 1. The number of hydrogen-bond donors (Lipinski definition) is 1. The van der Waals surface area contributed by atoms with E-state index < -0.39 is 0 Å². The van der Waals surface area contributed by atoms with Crippen LogP contribution in [0, 0.1) is 0 Å². The van der Waals surface area contributed by atoms with Gasteiger partial charge in [-0.05, 0) is 62.2 Å². The van der Waals surface area contributed by atoms with Gasteiger partial charge in [0, 0.05) is 10.0 Å². The summed E-state index contributed by atoms with van der Waals surface area (Å²) in [5.41, 5.74) is 2.65. The van der Waals surface area contributed by atoms with E-state index in [1.807, 2.05) is 48.5 Å². The van der Waals surface area contributed by atoms with E-state index in [2.05, 4.69) is 43.2 Å². The number of anilines is 1. The van der Waals surface area contributed by atoms with Gasteiger partial charge in [-0.15, -0.1) is 22.7 Å². The van der Waals surface area contributed by atoms with Gasteiger partial charge in [0.25, 0.3) is 5.91 Å². The Balaban J connectivity index is 1.70. The average Bonchev–Trinajstić information content (AvgIpc) is 3.19. The smallest absolute Gasteiger partial charge is 0.265 e. The fraction of sp³-hybridized carbons (Fsp3) is 0. The molecule has 2 heterocycles. The highest BCUT2D eigenvalue weighted by Crippen LogP contribution is 2.36. The van der Waals surface area contributed by atoms with Crippen molar-refractivity contribution in [2.75, 3.05) is 5.32 Å². The van der Waals surface area contributed by atoms with Crippen LogP contribution in [-0.4, -0.2) is 10.9 Å². The summed E-state index contributed by atoms with van der Waals surface area (Å²) in [7, 11) is 0. The second-order valence-corrected chi connectivity index (χ2v) is 9.47. The molecule has 4 aromatic rings. The van der Waals surface area contributed by atoms with E-state index in [1.165, 1.54) is 11.3 Å². The maximum absolute atomic E-state index is 12.6. The number of halogens is 2. The van der Waals surface area contributed by atoms with Crippen molar-refractivity contribution in [1.82, 2.24) is 4.98 Å². The maximum Gasteiger partial charge on any atom is 0.265 e. The SMILES string of the molecule is O=C(Nc1ccccc1-c1nc2ccccc2s1)c1cc(Br)c(Br)s1. The third-order valence-corrected chi connectivity index (χ3v) is 7.89. The number of thiazole rings is 1. The molecule has 0 aliphatic carbocycles. The Bertz CT molecular complexity index is 1040. The van der Waals surface area contributed by atoms with Crippen molar-refractivity contribution < 1.29 is 4.79 Å². The number of aromatic nitrogens is 1. The Labute approximate surface area is 169 Å². The second kappa shape index (κ2) is 6.99. The molecule has 0 aliphatic rings. The van der Waals surface area contributed by atoms with Crippen molar-refractivity contribution in [3.05, 3.63) is 67.7 Å². The van der Waals surface area contributed by atoms with Crippen LogP contribution in [-0.2, 0) is 0 Å². The minimum atomic E-state index is -0.134. The summed E-state index contributed by atoms with van der Waals surface area (Å²) < 4.78 is 2.91. The monoisotopic (exact) mass is 492 g/mol. The van der Waals surface area contributed by atoms with Gasteiger partial charge in [0.05, 0.1) is 24.6 Å². The maximum atomic E-state index is 12.6. The van der Waals surface area contributed by atoms with Gasteiger partial charge in [-0.2, -0.15) is 0 Å². The minimum Gasteiger partial charge on any atom is -0.321 e. The molecule has 1 amide bonds. The molecule has 25 heavy (non-hydrogen) atoms. The summed E-state index contributed by atoms with van der Waals surface area (Å²) in [5.74, 6) is -0.134. The van der Waals surface area contributed by atoms with Gasteiger partial charge in [0.15, 0.2) is 0 Å². The minimum absolute atomic E-state index is 0.134. The summed E-state index contributed by atoms with van der Waals surface area (Å²) >= 11 is 9.85. The fourth-order valence-corrected chi connectivity index (χ4v) is 5.34. The topological polar surface area (TPSA) is 42.0 Å². The van der Waals surface area contributed by atoms with E-state index >= 15 is 0 Å². The largest absolute Gasteiger partial charge is 0.321 e. The highest BCUT2D eigenvalue weighted by atomic mass is 79.9. The van der Waals surface area contributed by atoms with E-state index in [-0.39, 0.29) is 5.91 Å². The Morgan fingerprint density at radius 1 is 1.00 bits per heavy atom. The zero-order valence-electron chi connectivity index (χ0n) is 12.6. The molecule has 124 valence electrons. The normalized spacial score (nSPS) is 11.0. The highest BCUT2D eigenvalue weighted by molar-refractivity contribution is 9.13. The Morgan fingerprint density at radius 3 is 2.52 bits per heavy atom. The van der Waals surface area contributed by atoms with Gasteiger partial charge in [0.2, 0.25) is 0 Å². The van der Waals surface area contributed by atoms with Crippen molar-refractivity contribution in [1.29, 1.82) is 0 Å². The summed E-state index contributed by atoms with van der Waals surface area (Å²) in [6, 6.07) is 17.6. The van der Waals surface area contributed by atoms with Crippen molar-refractivity contribution in [3.63, 3.8) is 0 Å². The molecule has 2 aromatic heterocycles. The number of rotatable bonds is 3. The number of nitrogens with zero attached hydrogens (tertiary/aromatic N) is 1. The van der Waals surface area contributed by atoms with E-state index in [4.69, 9.17) is 4.98 Å². The molecule has 1 N–H and O–H groups in total. The molecule has 0 unspecified atom stereocenters. The molecule has 4 rings (SSSR count). The van der Waals surface area contributed by atoms with Crippen LogP contribution in [0.1, 0.15) is 9.67 Å². The number of nitrogens with one attached hydrogen (secondary N) is 1. The van der Waals surface area contributed by atoms with Gasteiger partial charge in [-0.1, -0.05) is 24.3 Å². The number of amides is 1. The highest BCUT2D eigenvalue weighted by Gasteiger charge is 2.16. The van der Waals surface area contributed by atoms with Crippen LogP contribution in [0.3, 0.4) is 0 Å². The molecule has 0 bridgehead atoms. The van der Waals surface area contributed by atoms with E-state index in [1.54, 1.807) is 11.3 Å². The lowest BCUT2D eigenvalue weighted by Gasteiger charge is -2.08. The third kappa shape index (κ3) is 3.42. The molecule has 0 atom stereocenters. The molecule has 7 heteroatoms. The first kappa shape index (κ1) is 16.9. The van der Waals surface area contributed by atoms with Gasteiger partial charge in [-0.3, -0.25) is 4.79 Å². The van der Waals surface area contributed by atoms with Crippen molar-refractivity contribution in [2.45, 2.75) is 0 Å². The first-order valence-corrected chi connectivity index (χ1v) is 10.5. The summed E-state index contributed by atoms with van der Waals surface area (Å²) in [5, 5.41) is 3.90. The second-order valence-electron chi connectivity index (χ2n) is 5.22. The van der Waals surface area contributed by atoms with Gasteiger partial charge < -0.3 is 5.32 Å². The standard InChI is InChI=1S/C18H10Br2N2OS2/c19-11-9-15(24-16(11)20)17(23)21-12-6-2-1-5-10(12)18-22-13-7-3-4-8-14(13)25-18/h1-9H,(H,21,23). The molecular formula is C18H10Br2N2OS2. The molecule has 0 aliphatic heterocycles. The van der Waals surface area contributed by atoms with Crippen molar-refractivity contribution >= 4 is 76.3 Å². The lowest BCUT2D eigenvalue weighted by atomic mass is 10.2. The molecule has 0 radical (unpaired) electrons. The summed E-state index contributed by atoms with van der Waals surface area (Å²) in [6.45, 7) is 0. The Kier molecular flexibility index (Phi) is 4.73. The number of hydrogen-bond acceptors (Lipinski definition) is 4. The van der Waals surface area contributed by atoms with Crippen LogP contribution in [0.4, 0.5) is 5.69 Å². The summed E-state index contributed by atoms with van der Waals surface area (Å²) in [4.78, 5) is 17.9. The molecule has 0 saturated heterocycles. The quantitative estimate of drug-likeness (QED) is 0.341. The lowest BCUT2D eigenvalue weighted by Crippen LogP contribution is -2.10. The van der Waals surface area contributed by atoms with Crippen molar-refractivity contribution in [2.24, 2.45) is 0 Å². The predicted octanol–water partition coefficient (Wildman–Crippen LogP) is 6.80. The predicted molar refractivity (Wildman–Crippen MR) is 113 cm³/mol. The van der Waals surface area contributed by atoms with Gasteiger partial charge >= 0.3 is 0 Å². The van der Waals surface area contributed by atoms with Gasteiger partial charge in [0.1, 0.15) is 5.01 Å². The molecule has 2 aromatic carbocycles. The van der Waals surface area contributed by atoms with Crippen LogP contribution in [0.15, 0.2) is 62.9 Å². The van der Waals surface area contributed by atoms with E-state index in [0.29, 0.717) is 4.88 Å². The van der Waals surface area contributed by atoms with E-state index in [0.717, 1.165) is 34.7 Å². The number of para-hydroxylation sites is 2. The molecule has 3 nitrogen and oxygen atoms in total. The Morgan fingerprint density at radius 2 is 1.76 bits per heavy atom. The Hall–Kier alpha value is -1.54. The third-order valence-electron chi connectivity index (χ3n) is 3.57. The molecule has 0 spiro atoms. The fourth-order valence-electron chi connectivity index (χ4n) is 2.41. The van der Waals surface area contributed by atoms with Crippen LogP contribution < -0.4 is 5.32 Å². The van der Waals surface area contributed by atoms with Crippen LogP contribution in [0.5, 0.6) is 0 Å². The van der Waals surface area contributed by atoms with Crippen LogP contribution >= 0.6 is 54.5 Å². The number of benzene rings is 2. The van der Waals surface area contributed by atoms with Gasteiger partial charge in [-0.25, -0.2) is 4.98 Å². The zero-order chi connectivity index (χ0) is 17.4. The molecule has 0 fully saturated rings. The first-order valence-electron chi connectivity index (χ1n) is 7.33. The average molecular weight is 494 g/mol. The number of fused-ring (bicyclic) bond motifs is 1. The van der Waals surface area contributed by atoms with E-state index in [9.17, 15) is 4.79 Å². The summed E-state index contributed by atoms with van der Waals surface area (Å²) in [6.07, 6.45) is 0.